The number of hydrogen-bond donors (Lipinski definition) is 0. The van der Waals surface area contributed by atoms with Gasteiger partial charge < -0.3 is 8.98 Å². The summed E-state index contributed by atoms with van der Waals surface area (Å²) in [7, 11) is 0. The summed E-state index contributed by atoms with van der Waals surface area (Å²) in [4.78, 5) is 6.24. The van der Waals surface area contributed by atoms with Crippen molar-refractivity contribution in [3.05, 3.63) is 199 Å². The molecule has 13 aromatic rings. The molecule has 9 aromatic carbocycles. The molecule has 5 heterocycles. The minimum absolute atomic E-state index is 0.120. The first-order valence-electron chi connectivity index (χ1n) is 23.8. The minimum atomic E-state index is -0.120. The molecule has 322 valence electrons. The number of fused-ring (bicyclic) bond motifs is 13. The summed E-state index contributed by atoms with van der Waals surface area (Å²) in [6, 6.07) is 67.8. The molecule has 0 bridgehead atoms. The van der Waals surface area contributed by atoms with E-state index in [4.69, 9.17) is 9.41 Å². The minimum Gasteiger partial charge on any atom is -0.456 e. The Balaban J connectivity index is 1.02. The predicted octanol–water partition coefficient (Wildman–Crippen LogP) is 18.3. The fraction of sp³-hybridized carbons (Fsp3) is 0.145. The van der Waals surface area contributed by atoms with Crippen molar-refractivity contribution < 1.29 is 4.42 Å². The quantitative estimate of drug-likeness (QED) is 0.169. The van der Waals surface area contributed by atoms with Gasteiger partial charge in [-0.1, -0.05) is 135 Å². The first-order valence-corrected chi connectivity index (χ1v) is 25.5. The smallest absolute Gasteiger partial charge is 0.137 e. The zero-order chi connectivity index (χ0) is 44.3. The highest BCUT2D eigenvalue weighted by Gasteiger charge is 2.35. The van der Waals surface area contributed by atoms with Crippen molar-refractivity contribution in [1.29, 1.82) is 0 Å². The maximum Gasteiger partial charge on any atom is 0.137 e. The normalized spacial score (nSPS) is 19.1. The zero-order valence-corrected chi connectivity index (χ0v) is 39.0. The van der Waals surface area contributed by atoms with E-state index in [1.165, 1.54) is 101 Å². The van der Waals surface area contributed by atoms with E-state index in [2.05, 4.69) is 200 Å². The van der Waals surface area contributed by atoms with Crippen LogP contribution in [0, 0.1) is 11.8 Å². The Bertz CT molecular complexity index is 4160. The standard InChI is InChI=1S/C62H46N2OS2/c1-3-42-43(39-25-28-47-45-17-8-12-22-56(45)66-58(47)32-39)27-24-36(2)61(63-62(42)40-26-29-48-46-18-9-13-23-57(46)67-59(48)33-40)51-34-41(35-55-60(51)49-19-7-11-21-54(49)65-55)64-52-20-10-6-16-44(52)50-30-37-14-4-5-15-38(37)31-53(50)64/h4-23,25-26,28-36,42-43,61H,3,24,27H2,1-2H3/b63-62-/t36-,42?,43?,61?/m1/s1. The summed E-state index contributed by atoms with van der Waals surface area (Å²) in [6.07, 6.45) is 3.11. The number of thiophene rings is 2. The average molecular weight is 899 g/mol. The molecule has 0 amide bonds. The number of aliphatic imine (C=N–C) groups is 1. The lowest BCUT2D eigenvalue weighted by Gasteiger charge is -2.35. The molecule has 1 aliphatic heterocycles. The van der Waals surface area contributed by atoms with Crippen LogP contribution in [-0.2, 0) is 0 Å². The average Bonchev–Trinajstić information content (AvgIpc) is 4.12. The number of nitrogens with zero attached hydrogens (tertiary/aromatic N) is 2. The number of para-hydroxylation sites is 2. The van der Waals surface area contributed by atoms with Crippen LogP contribution in [0.15, 0.2) is 191 Å². The first kappa shape index (κ1) is 39.1. The summed E-state index contributed by atoms with van der Waals surface area (Å²) < 4.78 is 14.7. The van der Waals surface area contributed by atoms with Crippen molar-refractivity contribution in [1.82, 2.24) is 4.57 Å². The topological polar surface area (TPSA) is 30.4 Å². The van der Waals surface area contributed by atoms with E-state index in [-0.39, 0.29) is 17.9 Å². The van der Waals surface area contributed by atoms with Crippen LogP contribution in [0.1, 0.15) is 61.8 Å². The molecular weight excluding hydrogens is 853 g/mol. The van der Waals surface area contributed by atoms with E-state index in [0.717, 1.165) is 41.5 Å². The van der Waals surface area contributed by atoms with E-state index in [1.807, 2.05) is 22.7 Å². The van der Waals surface area contributed by atoms with Gasteiger partial charge in [-0.15, -0.1) is 22.7 Å². The maximum absolute atomic E-state index is 6.91. The molecule has 0 saturated carbocycles. The molecule has 14 rings (SSSR count). The molecule has 4 atom stereocenters. The van der Waals surface area contributed by atoms with Crippen molar-refractivity contribution in [2.24, 2.45) is 16.8 Å². The third kappa shape index (κ3) is 6.11. The van der Waals surface area contributed by atoms with Crippen LogP contribution < -0.4 is 0 Å². The summed E-state index contributed by atoms with van der Waals surface area (Å²) >= 11 is 3.82. The van der Waals surface area contributed by atoms with Gasteiger partial charge in [0.05, 0.1) is 22.8 Å². The molecule has 0 saturated heterocycles. The summed E-state index contributed by atoms with van der Waals surface area (Å²) in [6.45, 7) is 4.84. The van der Waals surface area contributed by atoms with Gasteiger partial charge in [-0.05, 0) is 113 Å². The molecule has 0 fully saturated rings. The van der Waals surface area contributed by atoms with Crippen LogP contribution in [-0.4, -0.2) is 10.3 Å². The fourth-order valence-electron chi connectivity index (χ4n) is 11.9. The molecule has 3 unspecified atom stereocenters. The summed E-state index contributed by atoms with van der Waals surface area (Å²) in [5, 5.41) is 12.6. The molecule has 0 N–H and O–H groups in total. The Morgan fingerprint density at radius 1 is 0.537 bits per heavy atom. The maximum atomic E-state index is 6.91. The summed E-state index contributed by atoms with van der Waals surface area (Å²) in [5.41, 5.74) is 10.4. The highest BCUT2D eigenvalue weighted by molar-refractivity contribution is 7.26. The van der Waals surface area contributed by atoms with Crippen molar-refractivity contribution in [3.63, 3.8) is 0 Å². The van der Waals surface area contributed by atoms with E-state index in [1.54, 1.807) is 0 Å². The van der Waals surface area contributed by atoms with Crippen LogP contribution in [0.4, 0.5) is 0 Å². The SMILES string of the molecule is CCC1/C(c2ccc3c(c2)sc2ccccc23)=N\C(c2cc(-n3c4ccccc4c4cc5ccccc5cc43)cc3oc4ccccc4c23)[C@H](C)CCC1c1ccc2c(c1)sc1ccccc12. The van der Waals surface area contributed by atoms with Crippen molar-refractivity contribution in [3.8, 4) is 5.69 Å². The van der Waals surface area contributed by atoms with Crippen LogP contribution in [0.5, 0.6) is 0 Å². The van der Waals surface area contributed by atoms with Gasteiger partial charge in [0, 0.05) is 79.6 Å². The second kappa shape index (κ2) is 15.2. The van der Waals surface area contributed by atoms with Gasteiger partial charge in [-0.2, -0.15) is 0 Å². The van der Waals surface area contributed by atoms with Gasteiger partial charge >= 0.3 is 0 Å². The van der Waals surface area contributed by atoms with Crippen molar-refractivity contribution >= 4 is 123 Å². The van der Waals surface area contributed by atoms with E-state index < -0.39 is 0 Å². The molecule has 5 heteroatoms. The lowest BCUT2D eigenvalue weighted by Crippen LogP contribution is -2.28. The lowest BCUT2D eigenvalue weighted by molar-refractivity contribution is 0.363. The number of aromatic nitrogens is 1. The molecule has 0 aliphatic carbocycles. The highest BCUT2D eigenvalue weighted by atomic mass is 32.1. The Morgan fingerprint density at radius 3 is 1.96 bits per heavy atom. The van der Waals surface area contributed by atoms with E-state index >= 15 is 0 Å². The molecule has 4 aromatic heterocycles. The Hall–Kier alpha value is -7.05. The van der Waals surface area contributed by atoms with Crippen LogP contribution in [0.25, 0.3) is 101 Å². The molecule has 0 spiro atoms. The Labute approximate surface area is 396 Å². The Kier molecular flexibility index (Phi) is 8.91. The first-order chi connectivity index (χ1) is 33.1. The van der Waals surface area contributed by atoms with Gasteiger partial charge in [0.2, 0.25) is 0 Å². The monoisotopic (exact) mass is 898 g/mol. The second-order valence-corrected chi connectivity index (χ2v) is 21.0. The molecule has 1 aliphatic rings. The van der Waals surface area contributed by atoms with Gasteiger partial charge in [-0.3, -0.25) is 4.99 Å². The molecule has 0 radical (unpaired) electrons. The second-order valence-electron chi connectivity index (χ2n) is 18.9. The summed E-state index contributed by atoms with van der Waals surface area (Å²) in [5.74, 6) is 0.762. The molecule has 67 heavy (non-hydrogen) atoms. The third-order valence-corrected chi connectivity index (χ3v) is 17.4. The van der Waals surface area contributed by atoms with Crippen LogP contribution in [0.2, 0.25) is 0 Å². The number of hydrogen-bond acceptors (Lipinski definition) is 4. The predicted molar refractivity (Wildman–Crippen MR) is 288 cm³/mol. The van der Waals surface area contributed by atoms with Crippen LogP contribution >= 0.6 is 22.7 Å². The molecular formula is C62H46N2OS2. The van der Waals surface area contributed by atoms with Gasteiger partial charge in [0.1, 0.15) is 11.2 Å². The highest BCUT2D eigenvalue weighted by Crippen LogP contribution is 2.48. The van der Waals surface area contributed by atoms with Crippen LogP contribution in [0.3, 0.4) is 0 Å². The van der Waals surface area contributed by atoms with Gasteiger partial charge in [0.25, 0.3) is 0 Å². The Morgan fingerprint density at radius 2 is 1.18 bits per heavy atom. The van der Waals surface area contributed by atoms with Gasteiger partial charge in [0.15, 0.2) is 0 Å². The van der Waals surface area contributed by atoms with Gasteiger partial charge in [-0.25, -0.2) is 0 Å². The fourth-order valence-corrected chi connectivity index (χ4v) is 14.2. The number of rotatable bonds is 5. The van der Waals surface area contributed by atoms with E-state index in [0.29, 0.717) is 5.92 Å². The largest absolute Gasteiger partial charge is 0.456 e. The van der Waals surface area contributed by atoms with Crippen molar-refractivity contribution in [2.45, 2.75) is 45.1 Å². The van der Waals surface area contributed by atoms with E-state index in [9.17, 15) is 0 Å². The third-order valence-electron chi connectivity index (χ3n) is 15.1. The molecule has 3 nitrogen and oxygen atoms in total. The number of benzene rings is 9. The zero-order valence-electron chi connectivity index (χ0n) is 37.4. The lowest BCUT2D eigenvalue weighted by atomic mass is 9.73. The number of furan rings is 1. The van der Waals surface area contributed by atoms with Crippen molar-refractivity contribution in [2.75, 3.05) is 0 Å².